The minimum atomic E-state index is -1.17. The number of rotatable bonds is 18. The van der Waals surface area contributed by atoms with Gasteiger partial charge in [-0.05, 0) is 55.2 Å². The summed E-state index contributed by atoms with van der Waals surface area (Å²) < 4.78 is 0. The molecular formula is C28H44N8O5S. The van der Waals surface area contributed by atoms with E-state index in [1.807, 2.05) is 43.6 Å². The van der Waals surface area contributed by atoms with E-state index in [1.165, 1.54) is 11.8 Å². The number of carboxylic acid groups (broad SMARTS) is 1. The number of hydrogen-bond acceptors (Lipinski definition) is 7. The summed E-state index contributed by atoms with van der Waals surface area (Å²) >= 11 is 1.50. The summed E-state index contributed by atoms with van der Waals surface area (Å²) in [6.45, 7) is 3.76. The number of nitrogens with zero attached hydrogens (tertiary/aromatic N) is 1. The van der Waals surface area contributed by atoms with Crippen molar-refractivity contribution in [2.75, 3.05) is 18.6 Å². The summed E-state index contributed by atoms with van der Waals surface area (Å²) in [4.78, 5) is 58.6. The molecule has 0 spiro atoms. The van der Waals surface area contributed by atoms with Gasteiger partial charge in [0.1, 0.15) is 18.1 Å². The number of aliphatic carboxylic acids is 1. The van der Waals surface area contributed by atoms with Gasteiger partial charge in [-0.2, -0.15) is 11.8 Å². The Balaban J connectivity index is 2.16. The number of nitrogens with two attached hydrogens (primary N) is 3. The highest BCUT2D eigenvalue weighted by Crippen LogP contribution is 2.19. The number of aromatic nitrogens is 1. The van der Waals surface area contributed by atoms with E-state index in [4.69, 9.17) is 17.2 Å². The van der Waals surface area contributed by atoms with Crippen molar-refractivity contribution in [2.45, 2.75) is 70.1 Å². The summed E-state index contributed by atoms with van der Waals surface area (Å²) in [5.41, 5.74) is 18.8. The molecule has 0 bridgehead atoms. The second kappa shape index (κ2) is 17.2. The van der Waals surface area contributed by atoms with Crippen LogP contribution in [-0.4, -0.2) is 82.5 Å². The summed E-state index contributed by atoms with van der Waals surface area (Å²) in [5.74, 6) is -2.77. The van der Waals surface area contributed by atoms with E-state index in [1.54, 1.807) is 6.92 Å². The molecule has 5 atom stereocenters. The number of para-hydroxylation sites is 1. The third-order valence-corrected chi connectivity index (χ3v) is 7.69. The lowest BCUT2D eigenvalue weighted by molar-refractivity contribution is -0.144. The van der Waals surface area contributed by atoms with Crippen molar-refractivity contribution >= 4 is 52.3 Å². The molecule has 232 valence electrons. The monoisotopic (exact) mass is 604 g/mol. The lowest BCUT2D eigenvalue weighted by Crippen LogP contribution is -2.58. The number of carbonyl (C=O) groups excluding carboxylic acids is 3. The largest absolute Gasteiger partial charge is 0.480 e. The molecule has 1 heterocycles. The zero-order chi connectivity index (χ0) is 31.2. The van der Waals surface area contributed by atoms with E-state index in [-0.39, 0.29) is 31.3 Å². The van der Waals surface area contributed by atoms with Crippen LogP contribution >= 0.6 is 11.8 Å². The molecule has 14 heteroatoms. The summed E-state index contributed by atoms with van der Waals surface area (Å²) in [6.07, 6.45) is 5.26. The molecule has 0 saturated heterocycles. The van der Waals surface area contributed by atoms with E-state index in [9.17, 15) is 24.3 Å². The smallest absolute Gasteiger partial charge is 0.326 e. The highest BCUT2D eigenvalue weighted by atomic mass is 32.2. The standard InChI is InChI=1S/C28H44N8O5S/c1-4-16(2)23(27(40)41)36-26(39)21(10-7-12-32-28(30)31)35-25(38)22(11-13-42-3)34-24(37)19(29)14-17-15-33-20-9-6-5-8-18(17)20/h5-6,8-9,15-16,19,21-23,33H,4,7,10-14,29H2,1-3H3,(H,34,37)(H,35,38)(H,36,39)(H,40,41)(H4,30,31,32). The number of carbonyl (C=O) groups is 4. The van der Waals surface area contributed by atoms with E-state index in [0.29, 0.717) is 25.0 Å². The van der Waals surface area contributed by atoms with Crippen molar-refractivity contribution in [3.8, 4) is 0 Å². The Hall–Kier alpha value is -3.78. The van der Waals surface area contributed by atoms with Gasteiger partial charge >= 0.3 is 5.97 Å². The Morgan fingerprint density at radius 2 is 1.67 bits per heavy atom. The zero-order valence-electron chi connectivity index (χ0n) is 24.4. The minimum absolute atomic E-state index is 0.105. The number of H-pyrrole nitrogens is 1. The molecule has 1 aromatic heterocycles. The normalized spacial score (nSPS) is 14.7. The van der Waals surface area contributed by atoms with E-state index < -0.39 is 47.9 Å². The quantitative estimate of drug-likeness (QED) is 0.0669. The number of amides is 3. The van der Waals surface area contributed by atoms with Gasteiger partial charge in [0.15, 0.2) is 5.96 Å². The Morgan fingerprint density at radius 1 is 1.02 bits per heavy atom. The fourth-order valence-corrected chi connectivity index (χ4v) is 4.87. The van der Waals surface area contributed by atoms with Crippen molar-refractivity contribution in [1.82, 2.24) is 20.9 Å². The van der Waals surface area contributed by atoms with Crippen LogP contribution in [0, 0.1) is 5.92 Å². The van der Waals surface area contributed by atoms with Crippen LogP contribution < -0.4 is 33.2 Å². The Morgan fingerprint density at radius 3 is 2.31 bits per heavy atom. The van der Waals surface area contributed by atoms with E-state index in [2.05, 4.69) is 25.9 Å². The zero-order valence-corrected chi connectivity index (χ0v) is 25.2. The molecule has 0 aliphatic carbocycles. The van der Waals surface area contributed by atoms with Crippen LogP contribution in [0.2, 0.25) is 0 Å². The van der Waals surface area contributed by atoms with Crippen molar-refractivity contribution < 1.29 is 24.3 Å². The molecule has 0 aliphatic heterocycles. The summed E-state index contributed by atoms with van der Waals surface area (Å²) in [6, 6.07) is 3.59. The number of fused-ring (bicyclic) bond motifs is 1. The third kappa shape index (κ3) is 10.6. The first kappa shape index (κ1) is 34.4. The molecule has 5 unspecified atom stereocenters. The molecule has 42 heavy (non-hydrogen) atoms. The van der Waals surface area contributed by atoms with E-state index >= 15 is 0 Å². The van der Waals surface area contributed by atoms with Gasteiger partial charge in [-0.25, -0.2) is 4.79 Å². The Kier molecular flexibility index (Phi) is 14.1. The maximum absolute atomic E-state index is 13.4. The predicted octanol–water partition coefficient (Wildman–Crippen LogP) is 0.430. The highest BCUT2D eigenvalue weighted by molar-refractivity contribution is 7.98. The molecule has 2 rings (SSSR count). The fourth-order valence-electron chi connectivity index (χ4n) is 4.40. The molecule has 0 fully saturated rings. The maximum atomic E-state index is 13.4. The summed E-state index contributed by atoms with van der Waals surface area (Å²) in [5, 5.41) is 18.6. The van der Waals surface area contributed by atoms with Gasteiger partial charge in [0.05, 0.1) is 6.04 Å². The van der Waals surface area contributed by atoms with Gasteiger partial charge in [-0.15, -0.1) is 0 Å². The van der Waals surface area contributed by atoms with Crippen molar-refractivity contribution in [3.05, 3.63) is 36.0 Å². The molecular weight excluding hydrogens is 560 g/mol. The molecule has 2 aromatic rings. The average molecular weight is 605 g/mol. The number of nitrogens with one attached hydrogen (secondary N) is 4. The molecule has 0 aliphatic rings. The molecule has 3 amide bonds. The minimum Gasteiger partial charge on any atom is -0.480 e. The lowest BCUT2D eigenvalue weighted by Gasteiger charge is -2.26. The van der Waals surface area contributed by atoms with Gasteiger partial charge in [-0.1, -0.05) is 38.5 Å². The molecule has 13 nitrogen and oxygen atoms in total. The number of aromatic amines is 1. The van der Waals surface area contributed by atoms with Gasteiger partial charge in [0.2, 0.25) is 17.7 Å². The number of hydrogen-bond donors (Lipinski definition) is 8. The predicted molar refractivity (Wildman–Crippen MR) is 166 cm³/mol. The topological polar surface area (TPSA) is 231 Å². The lowest BCUT2D eigenvalue weighted by atomic mass is 9.98. The van der Waals surface area contributed by atoms with Gasteiger partial charge in [0.25, 0.3) is 0 Å². The van der Waals surface area contributed by atoms with Crippen LogP contribution in [0.1, 0.15) is 45.1 Å². The molecule has 1 aromatic carbocycles. The second-order valence-electron chi connectivity index (χ2n) is 10.2. The van der Waals surface area contributed by atoms with Crippen LogP contribution in [0.15, 0.2) is 35.5 Å². The van der Waals surface area contributed by atoms with Crippen LogP contribution in [0.25, 0.3) is 10.9 Å². The van der Waals surface area contributed by atoms with Gasteiger partial charge < -0.3 is 43.2 Å². The third-order valence-electron chi connectivity index (χ3n) is 7.05. The van der Waals surface area contributed by atoms with Crippen molar-refractivity contribution in [2.24, 2.45) is 28.1 Å². The summed E-state index contributed by atoms with van der Waals surface area (Å²) in [7, 11) is 0. The molecule has 11 N–H and O–H groups in total. The second-order valence-corrected chi connectivity index (χ2v) is 11.2. The van der Waals surface area contributed by atoms with Crippen LogP contribution in [0.5, 0.6) is 0 Å². The number of benzene rings is 1. The maximum Gasteiger partial charge on any atom is 0.326 e. The van der Waals surface area contributed by atoms with Crippen LogP contribution in [0.4, 0.5) is 0 Å². The molecule has 0 radical (unpaired) electrons. The first-order valence-electron chi connectivity index (χ1n) is 14.0. The van der Waals surface area contributed by atoms with E-state index in [0.717, 1.165) is 16.5 Å². The Bertz CT molecular complexity index is 1230. The van der Waals surface area contributed by atoms with Gasteiger partial charge in [-0.3, -0.25) is 19.4 Å². The first-order chi connectivity index (χ1) is 20.0. The SMILES string of the molecule is CCC(C)C(NC(=O)C(CCCN=C(N)N)NC(=O)C(CCSC)NC(=O)C(N)Cc1c[nH]c2ccccc12)C(=O)O. The number of aliphatic imine (C=N–C) groups is 1. The van der Waals surface area contributed by atoms with Crippen molar-refractivity contribution in [3.63, 3.8) is 0 Å². The number of guanidine groups is 1. The van der Waals surface area contributed by atoms with Gasteiger partial charge in [0, 0.05) is 23.6 Å². The van der Waals surface area contributed by atoms with Crippen LogP contribution in [0.3, 0.4) is 0 Å². The van der Waals surface area contributed by atoms with Crippen LogP contribution in [-0.2, 0) is 25.6 Å². The number of thioether (sulfide) groups is 1. The highest BCUT2D eigenvalue weighted by Gasteiger charge is 2.31. The molecule has 0 saturated carbocycles. The average Bonchev–Trinajstić information content (AvgIpc) is 3.36. The Labute approximate surface area is 250 Å². The van der Waals surface area contributed by atoms with Crippen molar-refractivity contribution in [1.29, 1.82) is 0 Å². The fraction of sp³-hybridized carbons (Fsp3) is 0.536. The number of carboxylic acids is 1. The first-order valence-corrected chi connectivity index (χ1v) is 15.4.